The minimum atomic E-state index is -4.69. The molecule has 0 aliphatic heterocycles. The highest BCUT2D eigenvalue weighted by atomic mass is 19.4. The number of aromatic nitrogens is 2. The molecule has 0 saturated heterocycles. The first-order chi connectivity index (χ1) is 28.9. The van der Waals surface area contributed by atoms with Gasteiger partial charge in [-0.05, 0) is 134 Å². The third-order valence-electron chi connectivity index (χ3n) is 11.5. The van der Waals surface area contributed by atoms with Crippen molar-refractivity contribution >= 4 is 54.8 Å². The van der Waals surface area contributed by atoms with Crippen LogP contribution in [-0.4, -0.2) is 9.13 Å². The van der Waals surface area contributed by atoms with Crippen LogP contribution in [0.4, 0.5) is 13.2 Å². The Balaban J connectivity index is 1.53. The van der Waals surface area contributed by atoms with Crippen molar-refractivity contribution in [3.05, 3.63) is 179 Å². The van der Waals surface area contributed by atoms with Gasteiger partial charge in [-0.15, -0.1) is 0 Å². The summed E-state index contributed by atoms with van der Waals surface area (Å²) in [6.07, 6.45) is 2.39. The third-order valence-corrected chi connectivity index (χ3v) is 11.5. The van der Waals surface area contributed by atoms with Crippen LogP contribution in [0.3, 0.4) is 0 Å². The van der Waals surface area contributed by atoms with Crippen molar-refractivity contribution in [3.8, 4) is 34.6 Å². The molecule has 0 amide bonds. The van der Waals surface area contributed by atoms with Gasteiger partial charge in [0.15, 0.2) is 0 Å². The van der Waals surface area contributed by atoms with Gasteiger partial charge in [0.1, 0.15) is 11.6 Å². The fourth-order valence-corrected chi connectivity index (χ4v) is 8.57. The summed E-state index contributed by atoms with van der Waals surface area (Å²) >= 11 is 0. The second-order valence-corrected chi connectivity index (χ2v) is 15.1. The highest BCUT2D eigenvalue weighted by Crippen LogP contribution is 2.43. The molecule has 0 aliphatic rings. The van der Waals surface area contributed by atoms with E-state index in [9.17, 15) is 23.7 Å². The van der Waals surface area contributed by atoms with Crippen molar-refractivity contribution in [3.63, 3.8) is 0 Å². The predicted octanol–water partition coefficient (Wildman–Crippen LogP) is 15.0. The zero-order valence-electron chi connectivity index (χ0n) is 34.0. The molecule has 2 aromatic heterocycles. The maximum absolute atomic E-state index is 14.4. The van der Waals surface area contributed by atoms with E-state index in [4.69, 9.17) is 0 Å². The van der Waals surface area contributed by atoms with Crippen molar-refractivity contribution in [1.29, 1.82) is 10.5 Å². The third kappa shape index (κ3) is 6.59. The van der Waals surface area contributed by atoms with Gasteiger partial charge in [-0.2, -0.15) is 23.7 Å². The number of halogens is 3. The van der Waals surface area contributed by atoms with E-state index in [1.807, 2.05) is 103 Å². The monoisotopic (exact) mass is 790 g/mol. The number of allylic oxidation sites excluding steroid dienone is 7. The van der Waals surface area contributed by atoms with Gasteiger partial charge in [0, 0.05) is 21.5 Å². The number of hydrogen-bond acceptors (Lipinski definition) is 2. The molecule has 2 heterocycles. The van der Waals surface area contributed by atoms with Crippen molar-refractivity contribution in [2.45, 2.75) is 47.2 Å². The van der Waals surface area contributed by atoms with Crippen LogP contribution in [0.25, 0.3) is 77.3 Å². The summed E-state index contributed by atoms with van der Waals surface area (Å²) in [5.41, 5.74) is 10.6. The van der Waals surface area contributed by atoms with Crippen LogP contribution >= 0.6 is 0 Å². The Bertz CT molecular complexity index is 3260. The molecule has 0 unspecified atom stereocenters. The number of hydrogen-bond donors (Lipinski definition) is 0. The molecular weight excluding hydrogens is 750 g/mol. The molecule has 0 saturated carbocycles. The van der Waals surface area contributed by atoms with E-state index in [-0.39, 0.29) is 11.1 Å². The number of alkyl halides is 3. The lowest BCUT2D eigenvalue weighted by atomic mass is 9.96. The summed E-state index contributed by atoms with van der Waals surface area (Å²) in [6.45, 7) is 14.4. The van der Waals surface area contributed by atoms with Gasteiger partial charge in [-0.1, -0.05) is 91.4 Å². The molecule has 6 aromatic carbocycles. The summed E-state index contributed by atoms with van der Waals surface area (Å²) in [5, 5.41) is 25.1. The lowest BCUT2D eigenvalue weighted by Crippen LogP contribution is -2.07. The topological polar surface area (TPSA) is 57.4 Å². The molecule has 0 aliphatic carbocycles. The minimum Gasteiger partial charge on any atom is -0.308 e. The molecule has 60 heavy (non-hydrogen) atoms. The standard InChI is InChI=1S/C53H41F3N4/c1-7-14-41(33(6)8-2)36-20-22-50-45(27-36)43-16-11-13-18-48(43)60(50)52-29-38(37-23-34(30-57)24-39(25-37)53(54,55)56)28-51(46(52)31-58)59-47-17-12-10-15-42(47)44-26-35(19-21-49(44)59)40(9-3)32(4)5/h7,9-29H,4,8H2,1-3,5-6H3/b14-7-,40-9+,41-33+. The van der Waals surface area contributed by atoms with Crippen LogP contribution < -0.4 is 0 Å². The molecule has 8 rings (SSSR count). The van der Waals surface area contributed by atoms with E-state index < -0.39 is 11.7 Å². The molecule has 0 N–H and O–H groups in total. The summed E-state index contributed by atoms with van der Waals surface area (Å²) in [4.78, 5) is 0. The first-order valence-corrected chi connectivity index (χ1v) is 19.9. The zero-order chi connectivity index (χ0) is 42.5. The van der Waals surface area contributed by atoms with Crippen LogP contribution in [-0.2, 0) is 6.18 Å². The molecule has 294 valence electrons. The Morgan fingerprint density at radius 1 is 0.667 bits per heavy atom. The van der Waals surface area contributed by atoms with E-state index in [2.05, 4.69) is 62.9 Å². The number of nitrogens with zero attached hydrogens (tertiary/aromatic N) is 4. The molecule has 0 fully saturated rings. The highest BCUT2D eigenvalue weighted by molar-refractivity contribution is 6.12. The minimum absolute atomic E-state index is 0.120. The van der Waals surface area contributed by atoms with Crippen LogP contribution in [0.2, 0.25) is 0 Å². The summed E-state index contributed by atoms with van der Waals surface area (Å²) in [7, 11) is 0. The van der Waals surface area contributed by atoms with Gasteiger partial charge in [0.25, 0.3) is 0 Å². The second-order valence-electron chi connectivity index (χ2n) is 15.1. The van der Waals surface area contributed by atoms with Crippen LogP contribution in [0, 0.1) is 22.7 Å². The normalized spacial score (nSPS) is 12.7. The van der Waals surface area contributed by atoms with Crippen molar-refractivity contribution in [2.75, 3.05) is 0 Å². The Kier molecular flexibility index (Phi) is 10.2. The second kappa shape index (κ2) is 15.4. The summed E-state index contributed by atoms with van der Waals surface area (Å²) in [6, 6.07) is 39.9. The molecule has 7 heteroatoms. The first kappa shape index (κ1) is 39.5. The molecule has 0 radical (unpaired) electrons. The fourth-order valence-electron chi connectivity index (χ4n) is 8.57. The summed E-state index contributed by atoms with van der Waals surface area (Å²) < 4.78 is 47.3. The van der Waals surface area contributed by atoms with E-state index >= 15 is 0 Å². The molecule has 0 spiro atoms. The highest BCUT2D eigenvalue weighted by Gasteiger charge is 2.32. The number of nitriles is 2. The van der Waals surface area contributed by atoms with Gasteiger partial charge in [0.2, 0.25) is 0 Å². The summed E-state index contributed by atoms with van der Waals surface area (Å²) in [5.74, 6) is 0. The van der Waals surface area contributed by atoms with Crippen LogP contribution in [0.5, 0.6) is 0 Å². The average Bonchev–Trinajstić information content (AvgIpc) is 3.76. The van der Waals surface area contributed by atoms with Gasteiger partial charge >= 0.3 is 6.18 Å². The maximum Gasteiger partial charge on any atom is 0.416 e. The van der Waals surface area contributed by atoms with Crippen LogP contribution in [0.15, 0.2) is 151 Å². The number of fused-ring (bicyclic) bond motifs is 6. The van der Waals surface area contributed by atoms with Crippen LogP contribution in [0.1, 0.15) is 68.9 Å². The van der Waals surface area contributed by atoms with E-state index in [0.29, 0.717) is 22.5 Å². The largest absolute Gasteiger partial charge is 0.416 e. The molecule has 4 nitrogen and oxygen atoms in total. The number of rotatable bonds is 8. The van der Waals surface area contributed by atoms with Crippen molar-refractivity contribution < 1.29 is 13.2 Å². The molecular formula is C53H41F3N4. The number of benzene rings is 6. The maximum atomic E-state index is 14.4. The first-order valence-electron chi connectivity index (χ1n) is 19.9. The molecule has 8 aromatic rings. The Hall–Kier alpha value is -7.35. The average molecular weight is 791 g/mol. The van der Waals surface area contributed by atoms with E-state index in [1.54, 1.807) is 12.1 Å². The van der Waals surface area contributed by atoms with Gasteiger partial charge < -0.3 is 9.13 Å². The fraction of sp³-hybridized carbons (Fsp3) is 0.132. The zero-order valence-corrected chi connectivity index (χ0v) is 34.0. The Labute approximate surface area is 347 Å². The lowest BCUT2D eigenvalue weighted by molar-refractivity contribution is -0.137. The van der Waals surface area contributed by atoms with Gasteiger partial charge in [-0.3, -0.25) is 0 Å². The van der Waals surface area contributed by atoms with Gasteiger partial charge in [-0.25, -0.2) is 0 Å². The SMILES string of the molecule is C=C(C)/C(=C\C)c1ccc2c(c1)c1ccccc1n2-c1cc(-c2cc(C#N)cc(C(F)(F)F)c2)cc(-n2c3ccccc3c3cc(C(/C=C\C)=C(\C)CC)ccc32)c1C#N. The van der Waals surface area contributed by atoms with Crippen molar-refractivity contribution in [2.24, 2.45) is 0 Å². The lowest BCUT2D eigenvalue weighted by Gasteiger charge is -2.19. The van der Waals surface area contributed by atoms with Gasteiger partial charge in [0.05, 0.1) is 50.6 Å². The Morgan fingerprint density at radius 3 is 1.70 bits per heavy atom. The smallest absolute Gasteiger partial charge is 0.308 e. The van der Waals surface area contributed by atoms with E-state index in [0.717, 1.165) is 90.0 Å². The molecule has 0 atom stereocenters. The quantitative estimate of drug-likeness (QED) is 0.144. The van der Waals surface area contributed by atoms with E-state index in [1.165, 1.54) is 11.6 Å². The Morgan fingerprint density at radius 2 is 1.20 bits per heavy atom. The van der Waals surface area contributed by atoms with Crippen molar-refractivity contribution in [1.82, 2.24) is 9.13 Å². The number of para-hydroxylation sites is 2. The predicted molar refractivity (Wildman–Crippen MR) is 241 cm³/mol. The molecule has 0 bridgehead atoms.